The molecule has 0 aromatic heterocycles. The third-order valence-corrected chi connectivity index (χ3v) is 1.51. The highest BCUT2D eigenvalue weighted by Crippen LogP contribution is 2.30. The summed E-state index contributed by atoms with van der Waals surface area (Å²) in [6.07, 6.45) is 0. The number of methoxy groups -OCH3 is 2. The van der Waals surface area contributed by atoms with Gasteiger partial charge in [-0.1, -0.05) is 0 Å². The first kappa shape index (κ1) is 9.70. The van der Waals surface area contributed by atoms with E-state index in [1.807, 2.05) is 0 Å². The van der Waals surface area contributed by atoms with Crippen molar-refractivity contribution in [1.29, 1.82) is 0 Å². The van der Waals surface area contributed by atoms with Crippen LogP contribution in [0.1, 0.15) is 0 Å². The number of halogens is 3. The average molecular weight is 192 g/mol. The van der Waals surface area contributed by atoms with Gasteiger partial charge in [-0.05, 0) is 0 Å². The van der Waals surface area contributed by atoms with Crippen molar-refractivity contribution in [3.05, 3.63) is 23.5 Å². The molecule has 0 amide bonds. The van der Waals surface area contributed by atoms with E-state index in [4.69, 9.17) is 0 Å². The lowest BCUT2D eigenvalue weighted by atomic mass is 10.3. The van der Waals surface area contributed by atoms with Crippen LogP contribution in [0.3, 0.4) is 0 Å². The Hall–Kier alpha value is -1.39. The van der Waals surface area contributed by atoms with Gasteiger partial charge in [-0.3, -0.25) is 0 Å². The predicted octanol–water partition coefficient (Wildman–Crippen LogP) is 2.12. The van der Waals surface area contributed by atoms with Crippen molar-refractivity contribution >= 4 is 0 Å². The molecule has 1 aromatic carbocycles. The Morgan fingerprint density at radius 2 is 1.62 bits per heavy atom. The molecule has 13 heavy (non-hydrogen) atoms. The third-order valence-electron chi connectivity index (χ3n) is 1.51. The first-order valence-corrected chi connectivity index (χ1v) is 3.37. The van der Waals surface area contributed by atoms with Gasteiger partial charge in [0.05, 0.1) is 14.2 Å². The van der Waals surface area contributed by atoms with E-state index in [1.54, 1.807) is 0 Å². The standard InChI is InChI=1S/C8H7F3O2/c1-12-5-3-4(9)8(13-2)7(11)6(5)10/h3H,1-2H3. The Morgan fingerprint density at radius 3 is 2.08 bits per heavy atom. The molecule has 0 heterocycles. The molecule has 0 aliphatic heterocycles. The molecule has 0 bridgehead atoms. The highest BCUT2D eigenvalue weighted by molar-refractivity contribution is 5.36. The zero-order valence-electron chi connectivity index (χ0n) is 7.03. The molecule has 72 valence electrons. The zero-order valence-corrected chi connectivity index (χ0v) is 7.03. The molecule has 0 N–H and O–H groups in total. The summed E-state index contributed by atoms with van der Waals surface area (Å²) in [6.45, 7) is 0. The maximum absolute atomic E-state index is 12.9. The van der Waals surface area contributed by atoms with Gasteiger partial charge in [0.15, 0.2) is 17.3 Å². The first-order valence-electron chi connectivity index (χ1n) is 3.37. The molecule has 0 atom stereocenters. The van der Waals surface area contributed by atoms with Crippen LogP contribution in [0, 0.1) is 17.5 Å². The smallest absolute Gasteiger partial charge is 0.207 e. The highest BCUT2D eigenvalue weighted by atomic mass is 19.2. The van der Waals surface area contributed by atoms with Crippen molar-refractivity contribution in [1.82, 2.24) is 0 Å². The summed E-state index contributed by atoms with van der Waals surface area (Å²) in [5.74, 6) is -4.90. The summed E-state index contributed by atoms with van der Waals surface area (Å²) in [4.78, 5) is 0. The van der Waals surface area contributed by atoms with E-state index in [9.17, 15) is 13.2 Å². The fraction of sp³-hybridized carbons (Fsp3) is 0.250. The van der Waals surface area contributed by atoms with Gasteiger partial charge in [0.1, 0.15) is 0 Å². The van der Waals surface area contributed by atoms with Gasteiger partial charge in [-0.25, -0.2) is 4.39 Å². The molecule has 0 fully saturated rings. The minimum absolute atomic E-state index is 0.490. The molecule has 0 saturated heterocycles. The largest absolute Gasteiger partial charge is 0.493 e. The monoisotopic (exact) mass is 192 g/mol. The van der Waals surface area contributed by atoms with E-state index < -0.39 is 29.0 Å². The molecule has 2 nitrogen and oxygen atoms in total. The topological polar surface area (TPSA) is 18.5 Å². The fourth-order valence-corrected chi connectivity index (χ4v) is 0.892. The van der Waals surface area contributed by atoms with Gasteiger partial charge in [0, 0.05) is 6.07 Å². The minimum Gasteiger partial charge on any atom is -0.493 e. The van der Waals surface area contributed by atoms with Gasteiger partial charge in [0.25, 0.3) is 0 Å². The molecule has 0 aliphatic carbocycles. The Morgan fingerprint density at radius 1 is 1.00 bits per heavy atom. The molecule has 0 unspecified atom stereocenters. The second-order valence-electron chi connectivity index (χ2n) is 2.22. The van der Waals surface area contributed by atoms with Crippen molar-refractivity contribution in [2.45, 2.75) is 0 Å². The van der Waals surface area contributed by atoms with E-state index in [1.165, 1.54) is 0 Å². The minimum atomic E-state index is -1.39. The van der Waals surface area contributed by atoms with E-state index >= 15 is 0 Å². The summed E-state index contributed by atoms with van der Waals surface area (Å²) < 4.78 is 47.3. The summed E-state index contributed by atoms with van der Waals surface area (Å²) in [5.41, 5.74) is 0. The van der Waals surface area contributed by atoms with Gasteiger partial charge in [-0.15, -0.1) is 0 Å². The van der Waals surface area contributed by atoms with Crippen LogP contribution < -0.4 is 9.47 Å². The number of hydrogen-bond donors (Lipinski definition) is 0. The maximum atomic E-state index is 12.9. The molecule has 0 spiro atoms. The summed E-state index contributed by atoms with van der Waals surface area (Å²) in [7, 11) is 2.16. The van der Waals surface area contributed by atoms with Crippen LogP contribution in [0.5, 0.6) is 11.5 Å². The number of rotatable bonds is 2. The van der Waals surface area contributed by atoms with Crippen molar-refractivity contribution in [3.63, 3.8) is 0 Å². The molecular formula is C8H7F3O2. The third kappa shape index (κ3) is 1.54. The average Bonchev–Trinajstić information content (AvgIpc) is 2.12. The van der Waals surface area contributed by atoms with Crippen LogP contribution in [0.25, 0.3) is 0 Å². The normalized spacial score (nSPS) is 9.92. The van der Waals surface area contributed by atoms with Gasteiger partial charge in [0.2, 0.25) is 11.6 Å². The SMILES string of the molecule is COc1cc(F)c(OC)c(F)c1F. The van der Waals surface area contributed by atoms with Crippen LogP contribution in [0.4, 0.5) is 13.2 Å². The fourth-order valence-electron chi connectivity index (χ4n) is 0.892. The Bertz CT molecular complexity index is 326. The number of hydrogen-bond acceptors (Lipinski definition) is 2. The van der Waals surface area contributed by atoms with Crippen LogP contribution in [-0.2, 0) is 0 Å². The zero-order chi connectivity index (χ0) is 10.0. The van der Waals surface area contributed by atoms with Crippen LogP contribution in [0.15, 0.2) is 6.07 Å². The number of benzene rings is 1. The molecule has 1 aromatic rings. The van der Waals surface area contributed by atoms with Crippen molar-refractivity contribution in [2.75, 3.05) is 14.2 Å². The van der Waals surface area contributed by atoms with Crippen molar-refractivity contribution in [3.8, 4) is 11.5 Å². The molecule has 1 rings (SSSR count). The van der Waals surface area contributed by atoms with Crippen LogP contribution in [-0.4, -0.2) is 14.2 Å². The summed E-state index contributed by atoms with van der Waals surface area (Å²) >= 11 is 0. The second-order valence-corrected chi connectivity index (χ2v) is 2.22. The predicted molar refractivity (Wildman–Crippen MR) is 39.4 cm³/mol. The lowest BCUT2D eigenvalue weighted by Crippen LogP contribution is -1.99. The Kier molecular flexibility index (Phi) is 2.65. The number of ether oxygens (including phenoxy) is 2. The summed E-state index contributed by atoms with van der Waals surface area (Å²) in [6, 6.07) is 0.719. The summed E-state index contributed by atoms with van der Waals surface area (Å²) in [5, 5.41) is 0. The van der Waals surface area contributed by atoms with E-state index in [-0.39, 0.29) is 0 Å². The molecule has 0 radical (unpaired) electrons. The van der Waals surface area contributed by atoms with E-state index in [0.29, 0.717) is 0 Å². The first-order chi connectivity index (χ1) is 6.11. The second kappa shape index (κ2) is 3.55. The van der Waals surface area contributed by atoms with Crippen molar-refractivity contribution in [2.24, 2.45) is 0 Å². The molecular weight excluding hydrogens is 185 g/mol. The lowest BCUT2D eigenvalue weighted by Gasteiger charge is -2.07. The van der Waals surface area contributed by atoms with E-state index in [0.717, 1.165) is 20.3 Å². The Balaban J connectivity index is 3.37. The van der Waals surface area contributed by atoms with Gasteiger partial charge >= 0.3 is 0 Å². The quantitative estimate of drug-likeness (QED) is 0.668. The van der Waals surface area contributed by atoms with Crippen molar-refractivity contribution < 1.29 is 22.6 Å². The lowest BCUT2D eigenvalue weighted by molar-refractivity contribution is 0.324. The molecule has 0 aliphatic rings. The van der Waals surface area contributed by atoms with Gasteiger partial charge in [-0.2, -0.15) is 8.78 Å². The van der Waals surface area contributed by atoms with Crippen LogP contribution >= 0.6 is 0 Å². The van der Waals surface area contributed by atoms with Crippen LogP contribution in [0.2, 0.25) is 0 Å². The molecule has 5 heteroatoms. The van der Waals surface area contributed by atoms with Gasteiger partial charge < -0.3 is 9.47 Å². The molecule has 0 saturated carbocycles. The Labute approximate surface area is 72.9 Å². The van der Waals surface area contributed by atoms with E-state index in [2.05, 4.69) is 9.47 Å². The highest BCUT2D eigenvalue weighted by Gasteiger charge is 2.19. The maximum Gasteiger partial charge on any atom is 0.207 e.